The second-order valence-corrected chi connectivity index (χ2v) is 9.06. The number of rotatable bonds is 9. The van der Waals surface area contributed by atoms with Crippen LogP contribution in [0, 0.1) is 0 Å². The molecule has 1 unspecified atom stereocenters. The Kier molecular flexibility index (Phi) is 8.50. The maximum absolute atomic E-state index is 13.4. The van der Waals surface area contributed by atoms with Gasteiger partial charge in [0.2, 0.25) is 0 Å². The van der Waals surface area contributed by atoms with E-state index in [4.69, 9.17) is 27.9 Å². The molecule has 0 saturated carbocycles. The summed E-state index contributed by atoms with van der Waals surface area (Å²) in [4.78, 5) is 24.0. The van der Waals surface area contributed by atoms with Crippen molar-refractivity contribution in [2.75, 3.05) is 17.4 Å². The van der Waals surface area contributed by atoms with E-state index in [2.05, 4.69) is 11.9 Å². The summed E-state index contributed by atoms with van der Waals surface area (Å²) < 4.78 is 32.9. The van der Waals surface area contributed by atoms with Gasteiger partial charge in [0.15, 0.2) is 6.10 Å². The van der Waals surface area contributed by atoms with Crippen molar-refractivity contribution >= 4 is 50.8 Å². The number of nitrogens with one attached hydrogen (secondary N) is 1. The Bertz CT molecular complexity index is 1070. The molecule has 0 radical (unpaired) electrons. The summed E-state index contributed by atoms with van der Waals surface area (Å²) >= 11 is 12.1. The molecule has 0 bridgehead atoms. The normalized spacial score (nSPS) is 12.0. The van der Waals surface area contributed by atoms with Crippen LogP contribution in [0.1, 0.15) is 24.2 Å². The zero-order valence-electron chi connectivity index (χ0n) is 17.0. The van der Waals surface area contributed by atoms with Gasteiger partial charge in [-0.15, -0.1) is 6.58 Å². The Labute approximate surface area is 191 Å². The Balaban J connectivity index is 2.42. The van der Waals surface area contributed by atoms with Gasteiger partial charge in [0.1, 0.15) is 4.90 Å². The minimum Gasteiger partial charge on any atom is -0.449 e. The lowest BCUT2D eigenvalue weighted by Crippen LogP contribution is -2.35. The molecule has 1 N–H and O–H groups in total. The van der Waals surface area contributed by atoms with Gasteiger partial charge < -0.3 is 10.1 Å². The molecule has 0 fully saturated rings. The maximum Gasteiger partial charge on any atom is 0.338 e. The molecule has 2 rings (SSSR count). The third-order valence-corrected chi connectivity index (χ3v) is 6.68. The Morgan fingerprint density at radius 2 is 1.84 bits per heavy atom. The highest BCUT2D eigenvalue weighted by atomic mass is 35.5. The van der Waals surface area contributed by atoms with Gasteiger partial charge in [-0.05, 0) is 56.3 Å². The number of esters is 1. The van der Waals surface area contributed by atoms with Crippen LogP contribution in [0.25, 0.3) is 0 Å². The summed E-state index contributed by atoms with van der Waals surface area (Å²) in [6, 6.07) is 9.94. The molecule has 1 amide bonds. The average Bonchev–Trinajstić information content (AvgIpc) is 2.73. The number of sulfonamides is 1. The molecule has 10 heteroatoms. The Morgan fingerprint density at radius 3 is 2.42 bits per heavy atom. The van der Waals surface area contributed by atoms with Crippen LogP contribution < -0.4 is 9.62 Å². The van der Waals surface area contributed by atoms with Gasteiger partial charge in [0.05, 0.1) is 22.8 Å². The first-order valence-corrected chi connectivity index (χ1v) is 11.5. The van der Waals surface area contributed by atoms with Crippen molar-refractivity contribution in [2.24, 2.45) is 0 Å². The van der Waals surface area contributed by atoms with Crippen LogP contribution in [0.3, 0.4) is 0 Å². The van der Waals surface area contributed by atoms with E-state index < -0.39 is 28.0 Å². The molecule has 1 atom stereocenters. The second-order valence-electron chi connectivity index (χ2n) is 6.39. The zero-order chi connectivity index (χ0) is 23.2. The molecule has 7 nitrogen and oxygen atoms in total. The Morgan fingerprint density at radius 1 is 1.19 bits per heavy atom. The second kappa shape index (κ2) is 10.7. The standard InChI is InChI=1S/C21H22Cl2N2O5S/c1-4-12-25(17-9-7-16(22)8-10-17)31(28,29)19-13-15(6-11-18(19)23)21(27)30-14(3)20(26)24-5-2/h4,6-11,13-14H,1,5,12H2,2-3H3,(H,24,26). The molecule has 0 saturated heterocycles. The van der Waals surface area contributed by atoms with Crippen molar-refractivity contribution in [3.63, 3.8) is 0 Å². The average molecular weight is 485 g/mol. The summed E-state index contributed by atoms with van der Waals surface area (Å²) in [5, 5.41) is 2.91. The minimum absolute atomic E-state index is 0.0385. The number of nitrogens with zero attached hydrogens (tertiary/aromatic N) is 1. The molecule has 0 aliphatic carbocycles. The fourth-order valence-electron chi connectivity index (χ4n) is 2.61. The van der Waals surface area contributed by atoms with Crippen LogP contribution in [-0.2, 0) is 19.6 Å². The molecular weight excluding hydrogens is 463 g/mol. The summed E-state index contributed by atoms with van der Waals surface area (Å²) in [6.45, 7) is 7.10. The van der Waals surface area contributed by atoms with E-state index in [0.717, 1.165) is 10.4 Å². The quantitative estimate of drug-likeness (QED) is 0.427. The van der Waals surface area contributed by atoms with E-state index in [1.165, 1.54) is 25.1 Å². The van der Waals surface area contributed by atoms with Gasteiger partial charge in [-0.3, -0.25) is 9.10 Å². The fourth-order valence-corrected chi connectivity index (χ4v) is 4.68. The van der Waals surface area contributed by atoms with E-state index in [0.29, 0.717) is 17.3 Å². The lowest BCUT2D eigenvalue weighted by molar-refractivity contribution is -0.128. The third-order valence-electron chi connectivity index (χ3n) is 4.15. The first-order chi connectivity index (χ1) is 14.6. The topological polar surface area (TPSA) is 92.8 Å². The van der Waals surface area contributed by atoms with Crippen LogP contribution >= 0.6 is 23.2 Å². The minimum atomic E-state index is -4.17. The molecule has 0 spiro atoms. The molecule has 0 aromatic heterocycles. The predicted octanol–water partition coefficient (Wildman–Crippen LogP) is 4.06. The van der Waals surface area contributed by atoms with Crippen molar-refractivity contribution in [2.45, 2.75) is 24.8 Å². The van der Waals surface area contributed by atoms with Crippen LogP contribution in [-0.4, -0.2) is 39.5 Å². The van der Waals surface area contributed by atoms with Crippen LogP contribution in [0.2, 0.25) is 10.0 Å². The number of halogens is 2. The van der Waals surface area contributed by atoms with Gasteiger partial charge in [-0.2, -0.15) is 0 Å². The van der Waals surface area contributed by atoms with Crippen molar-refractivity contribution in [3.8, 4) is 0 Å². The van der Waals surface area contributed by atoms with E-state index in [1.807, 2.05) is 0 Å². The van der Waals surface area contributed by atoms with E-state index in [-0.39, 0.29) is 22.0 Å². The summed E-state index contributed by atoms with van der Waals surface area (Å²) in [5.74, 6) is -1.31. The lowest BCUT2D eigenvalue weighted by Gasteiger charge is -2.24. The number of hydrogen-bond acceptors (Lipinski definition) is 5. The number of anilines is 1. The number of ether oxygens (including phenoxy) is 1. The lowest BCUT2D eigenvalue weighted by atomic mass is 10.2. The highest BCUT2D eigenvalue weighted by Gasteiger charge is 2.28. The van der Waals surface area contributed by atoms with Crippen molar-refractivity contribution < 1.29 is 22.7 Å². The van der Waals surface area contributed by atoms with Gasteiger partial charge in [-0.25, -0.2) is 13.2 Å². The molecule has 2 aromatic carbocycles. The van der Waals surface area contributed by atoms with Gasteiger partial charge in [0, 0.05) is 11.6 Å². The van der Waals surface area contributed by atoms with Gasteiger partial charge >= 0.3 is 5.97 Å². The summed E-state index contributed by atoms with van der Waals surface area (Å²) in [7, 11) is -4.17. The molecule has 31 heavy (non-hydrogen) atoms. The first-order valence-electron chi connectivity index (χ1n) is 9.29. The third kappa shape index (κ3) is 6.00. The van der Waals surface area contributed by atoms with Gasteiger partial charge in [-0.1, -0.05) is 29.3 Å². The van der Waals surface area contributed by atoms with Crippen LogP contribution in [0.15, 0.2) is 60.0 Å². The number of carbonyl (C=O) groups excluding carboxylic acids is 2. The molecule has 2 aromatic rings. The molecule has 0 heterocycles. The largest absolute Gasteiger partial charge is 0.449 e. The fraction of sp³-hybridized carbons (Fsp3) is 0.238. The molecule has 0 aliphatic heterocycles. The number of amides is 1. The SMILES string of the molecule is C=CCN(c1ccc(Cl)cc1)S(=O)(=O)c1cc(C(=O)OC(C)C(=O)NCC)ccc1Cl. The number of hydrogen-bond donors (Lipinski definition) is 1. The number of likely N-dealkylation sites (N-methyl/N-ethyl adjacent to an activating group) is 1. The first kappa shape index (κ1) is 24.7. The smallest absolute Gasteiger partial charge is 0.338 e. The van der Waals surface area contributed by atoms with Crippen molar-refractivity contribution in [1.82, 2.24) is 5.32 Å². The highest BCUT2D eigenvalue weighted by molar-refractivity contribution is 7.93. The van der Waals surface area contributed by atoms with E-state index >= 15 is 0 Å². The van der Waals surface area contributed by atoms with Crippen LogP contribution in [0.5, 0.6) is 0 Å². The van der Waals surface area contributed by atoms with Crippen molar-refractivity contribution in [1.29, 1.82) is 0 Å². The maximum atomic E-state index is 13.4. The van der Waals surface area contributed by atoms with Crippen molar-refractivity contribution in [3.05, 3.63) is 70.7 Å². The predicted molar refractivity (Wildman–Crippen MR) is 121 cm³/mol. The number of benzene rings is 2. The zero-order valence-corrected chi connectivity index (χ0v) is 19.3. The van der Waals surface area contributed by atoms with Crippen LogP contribution in [0.4, 0.5) is 5.69 Å². The Hall–Kier alpha value is -2.55. The monoisotopic (exact) mass is 484 g/mol. The summed E-state index contributed by atoms with van der Waals surface area (Å²) in [5.41, 5.74) is 0.284. The molecule has 166 valence electrons. The molecular formula is C21H22Cl2N2O5S. The number of carbonyl (C=O) groups is 2. The summed E-state index contributed by atoms with van der Waals surface area (Å²) in [6.07, 6.45) is 0.376. The molecule has 0 aliphatic rings. The van der Waals surface area contributed by atoms with E-state index in [9.17, 15) is 18.0 Å². The van der Waals surface area contributed by atoms with Gasteiger partial charge in [0.25, 0.3) is 15.9 Å². The van der Waals surface area contributed by atoms with E-state index in [1.54, 1.807) is 31.2 Å². The highest BCUT2D eigenvalue weighted by Crippen LogP contribution is 2.30.